The highest BCUT2D eigenvalue weighted by Gasteiger charge is 2.29. The maximum Gasteiger partial charge on any atom is 0.243 e. The standard InChI is InChI=1S/C18H22N6O2S/c1-13-4-5-16(12-14(13)2)27(25,26)23-10-8-22(9-11-23)18-7-6-17-20-19-15(3)24(17)21-18/h4-7,12H,8-11H2,1-3H3. The van der Waals surface area contributed by atoms with Gasteiger partial charge in [-0.05, 0) is 56.2 Å². The predicted molar refractivity (Wildman–Crippen MR) is 102 cm³/mol. The van der Waals surface area contributed by atoms with Gasteiger partial charge in [-0.3, -0.25) is 0 Å². The van der Waals surface area contributed by atoms with Gasteiger partial charge in [0.25, 0.3) is 0 Å². The summed E-state index contributed by atoms with van der Waals surface area (Å²) >= 11 is 0. The number of rotatable bonds is 3. The molecule has 0 radical (unpaired) electrons. The fourth-order valence-electron chi connectivity index (χ4n) is 3.24. The van der Waals surface area contributed by atoms with E-state index in [1.54, 1.807) is 21.0 Å². The molecule has 3 heterocycles. The molecule has 1 fully saturated rings. The smallest absolute Gasteiger partial charge is 0.243 e. The third kappa shape index (κ3) is 3.17. The van der Waals surface area contributed by atoms with E-state index in [9.17, 15) is 8.42 Å². The van der Waals surface area contributed by atoms with Gasteiger partial charge in [0.05, 0.1) is 4.90 Å². The van der Waals surface area contributed by atoms with E-state index in [0.717, 1.165) is 22.8 Å². The lowest BCUT2D eigenvalue weighted by Crippen LogP contribution is -2.49. The normalized spacial score (nSPS) is 16.2. The second kappa shape index (κ2) is 6.58. The van der Waals surface area contributed by atoms with Crippen molar-refractivity contribution in [2.75, 3.05) is 31.1 Å². The van der Waals surface area contributed by atoms with Gasteiger partial charge < -0.3 is 4.90 Å². The van der Waals surface area contributed by atoms with Crippen molar-refractivity contribution in [2.45, 2.75) is 25.7 Å². The maximum absolute atomic E-state index is 12.9. The largest absolute Gasteiger partial charge is 0.353 e. The van der Waals surface area contributed by atoms with Gasteiger partial charge in [-0.15, -0.1) is 15.3 Å². The van der Waals surface area contributed by atoms with Crippen LogP contribution in [0.2, 0.25) is 0 Å². The molecule has 8 nitrogen and oxygen atoms in total. The van der Waals surface area contributed by atoms with Gasteiger partial charge in [0.1, 0.15) is 5.82 Å². The average Bonchev–Trinajstić information content (AvgIpc) is 3.04. The number of aromatic nitrogens is 4. The Kier molecular flexibility index (Phi) is 4.35. The fourth-order valence-corrected chi connectivity index (χ4v) is 4.74. The molecule has 9 heteroatoms. The molecule has 0 spiro atoms. The van der Waals surface area contributed by atoms with Crippen LogP contribution in [0, 0.1) is 20.8 Å². The first-order chi connectivity index (χ1) is 12.9. The van der Waals surface area contributed by atoms with Gasteiger partial charge in [0.15, 0.2) is 11.5 Å². The Bertz CT molecular complexity index is 1100. The van der Waals surface area contributed by atoms with Crippen LogP contribution in [0.4, 0.5) is 5.82 Å². The summed E-state index contributed by atoms with van der Waals surface area (Å²) in [6, 6.07) is 9.08. The number of nitrogens with zero attached hydrogens (tertiary/aromatic N) is 6. The van der Waals surface area contributed by atoms with Crippen molar-refractivity contribution >= 4 is 21.5 Å². The summed E-state index contributed by atoms with van der Waals surface area (Å²) in [4.78, 5) is 2.45. The van der Waals surface area contributed by atoms with Gasteiger partial charge in [-0.25, -0.2) is 8.42 Å². The summed E-state index contributed by atoms with van der Waals surface area (Å²) < 4.78 is 29.2. The molecule has 1 saturated heterocycles. The Morgan fingerprint density at radius 2 is 1.63 bits per heavy atom. The Morgan fingerprint density at radius 3 is 2.33 bits per heavy atom. The van der Waals surface area contributed by atoms with Crippen LogP contribution in [-0.2, 0) is 10.0 Å². The summed E-state index contributed by atoms with van der Waals surface area (Å²) in [7, 11) is -3.48. The van der Waals surface area contributed by atoms with Crippen LogP contribution < -0.4 is 4.90 Å². The number of piperazine rings is 1. The highest BCUT2D eigenvalue weighted by molar-refractivity contribution is 7.89. The third-order valence-electron chi connectivity index (χ3n) is 5.08. The first-order valence-electron chi connectivity index (χ1n) is 8.88. The molecular formula is C18H22N6O2S. The van der Waals surface area contributed by atoms with Gasteiger partial charge in [-0.1, -0.05) is 6.07 Å². The third-order valence-corrected chi connectivity index (χ3v) is 6.98. The summed E-state index contributed by atoms with van der Waals surface area (Å²) in [5.41, 5.74) is 2.77. The molecule has 1 aromatic carbocycles. The quantitative estimate of drug-likeness (QED) is 0.679. The molecule has 0 unspecified atom stereocenters. The molecule has 0 saturated carbocycles. The Labute approximate surface area is 158 Å². The summed E-state index contributed by atoms with van der Waals surface area (Å²) in [6.07, 6.45) is 0. The van der Waals surface area contributed by atoms with Crippen LogP contribution in [-0.4, -0.2) is 58.7 Å². The van der Waals surface area contributed by atoms with E-state index in [2.05, 4.69) is 20.2 Å². The Balaban J connectivity index is 1.52. The average molecular weight is 386 g/mol. The summed E-state index contributed by atoms with van der Waals surface area (Å²) in [5, 5.41) is 12.6. The van der Waals surface area contributed by atoms with Gasteiger partial charge in [0, 0.05) is 26.2 Å². The van der Waals surface area contributed by atoms with Crippen LogP contribution in [0.5, 0.6) is 0 Å². The van der Waals surface area contributed by atoms with Crippen LogP contribution in [0.15, 0.2) is 35.2 Å². The predicted octanol–water partition coefficient (Wildman–Crippen LogP) is 1.56. The number of hydrogen-bond acceptors (Lipinski definition) is 6. The Hall–Kier alpha value is -2.52. The van der Waals surface area contributed by atoms with Gasteiger partial charge >= 0.3 is 0 Å². The van der Waals surface area contributed by atoms with E-state index in [0.29, 0.717) is 36.7 Å². The van der Waals surface area contributed by atoms with Crippen molar-refractivity contribution in [3.8, 4) is 0 Å². The minimum Gasteiger partial charge on any atom is -0.353 e. The molecular weight excluding hydrogens is 364 g/mol. The van der Waals surface area contributed by atoms with Crippen molar-refractivity contribution in [1.82, 2.24) is 24.1 Å². The topological polar surface area (TPSA) is 83.7 Å². The first-order valence-corrected chi connectivity index (χ1v) is 10.3. The van der Waals surface area contributed by atoms with E-state index in [1.807, 2.05) is 39.0 Å². The number of sulfonamides is 1. The number of hydrogen-bond donors (Lipinski definition) is 0. The van der Waals surface area contributed by atoms with Gasteiger partial charge in [-0.2, -0.15) is 8.82 Å². The molecule has 4 rings (SSSR count). The zero-order valence-corrected chi connectivity index (χ0v) is 16.4. The number of fused-ring (bicyclic) bond motifs is 1. The molecule has 1 aliphatic heterocycles. The van der Waals surface area contributed by atoms with E-state index in [-0.39, 0.29) is 0 Å². The highest BCUT2D eigenvalue weighted by Crippen LogP contribution is 2.22. The zero-order valence-electron chi connectivity index (χ0n) is 15.6. The molecule has 1 aliphatic rings. The zero-order chi connectivity index (χ0) is 19.2. The lowest BCUT2D eigenvalue weighted by Gasteiger charge is -2.34. The molecule has 142 valence electrons. The maximum atomic E-state index is 12.9. The van der Waals surface area contributed by atoms with E-state index in [4.69, 9.17) is 0 Å². The molecule has 27 heavy (non-hydrogen) atoms. The molecule has 0 atom stereocenters. The highest BCUT2D eigenvalue weighted by atomic mass is 32.2. The molecule has 2 aromatic heterocycles. The van der Waals surface area contributed by atoms with Crippen molar-refractivity contribution in [2.24, 2.45) is 0 Å². The molecule has 0 bridgehead atoms. The molecule has 0 amide bonds. The second-order valence-electron chi connectivity index (χ2n) is 6.85. The van der Waals surface area contributed by atoms with E-state index >= 15 is 0 Å². The molecule has 3 aromatic rings. The second-order valence-corrected chi connectivity index (χ2v) is 8.78. The molecule has 0 aliphatic carbocycles. The summed E-state index contributed by atoms with van der Waals surface area (Å²) in [5.74, 6) is 1.52. The van der Waals surface area contributed by atoms with E-state index in [1.165, 1.54) is 0 Å². The van der Waals surface area contributed by atoms with Crippen molar-refractivity contribution in [1.29, 1.82) is 0 Å². The van der Waals surface area contributed by atoms with Crippen molar-refractivity contribution in [3.63, 3.8) is 0 Å². The first kappa shape index (κ1) is 17.9. The number of anilines is 1. The molecule has 0 N–H and O–H groups in total. The van der Waals surface area contributed by atoms with Crippen molar-refractivity contribution in [3.05, 3.63) is 47.3 Å². The van der Waals surface area contributed by atoms with Gasteiger partial charge in [0.2, 0.25) is 10.0 Å². The number of aryl methyl sites for hydroxylation is 3. The van der Waals surface area contributed by atoms with E-state index < -0.39 is 10.0 Å². The minimum atomic E-state index is -3.48. The fraction of sp³-hybridized carbons (Fsp3) is 0.389. The SMILES string of the molecule is Cc1ccc(S(=O)(=O)N2CCN(c3ccc4nnc(C)n4n3)CC2)cc1C. The van der Waals surface area contributed by atoms with Crippen molar-refractivity contribution < 1.29 is 8.42 Å². The van der Waals surface area contributed by atoms with Crippen LogP contribution in [0.3, 0.4) is 0 Å². The van der Waals surface area contributed by atoms with Crippen LogP contribution in [0.1, 0.15) is 17.0 Å². The van der Waals surface area contributed by atoms with Crippen LogP contribution >= 0.6 is 0 Å². The lowest BCUT2D eigenvalue weighted by atomic mass is 10.1. The van der Waals surface area contributed by atoms with Crippen LogP contribution in [0.25, 0.3) is 5.65 Å². The minimum absolute atomic E-state index is 0.360. The Morgan fingerprint density at radius 1 is 0.889 bits per heavy atom. The monoisotopic (exact) mass is 386 g/mol. The lowest BCUT2D eigenvalue weighted by molar-refractivity contribution is 0.383. The summed E-state index contributed by atoms with van der Waals surface area (Å²) in [6.45, 7) is 7.79. The number of benzene rings is 1.